The van der Waals surface area contributed by atoms with E-state index in [1.165, 1.54) is 31.0 Å². The van der Waals surface area contributed by atoms with Gasteiger partial charge in [-0.05, 0) is 20.3 Å². The molecule has 0 saturated carbocycles. The first-order chi connectivity index (χ1) is 7.74. The molecule has 0 aromatic carbocycles. The molecule has 0 spiro atoms. The average molecular weight is 246 g/mol. The van der Waals surface area contributed by atoms with E-state index in [9.17, 15) is 0 Å². The van der Waals surface area contributed by atoms with Crippen LogP contribution >= 0.6 is 11.8 Å². The summed E-state index contributed by atoms with van der Waals surface area (Å²) in [6, 6.07) is 1.33. The van der Waals surface area contributed by atoms with E-state index < -0.39 is 0 Å². The van der Waals surface area contributed by atoms with Crippen LogP contribution in [0.2, 0.25) is 0 Å². The molecule has 1 heterocycles. The predicted molar refractivity (Wildman–Crippen MR) is 72.3 cm³/mol. The molecule has 16 heavy (non-hydrogen) atoms. The molecule has 1 aliphatic heterocycles. The van der Waals surface area contributed by atoms with Crippen LogP contribution in [0, 0.1) is 0 Å². The highest BCUT2D eigenvalue weighted by Crippen LogP contribution is 2.11. The summed E-state index contributed by atoms with van der Waals surface area (Å²) in [6.07, 6.45) is 1.26. The van der Waals surface area contributed by atoms with Crippen LogP contribution in [-0.2, 0) is 4.74 Å². The maximum atomic E-state index is 5.15. The predicted octanol–water partition coefficient (Wildman–Crippen LogP) is 1.44. The van der Waals surface area contributed by atoms with Gasteiger partial charge in [0.1, 0.15) is 0 Å². The lowest BCUT2D eigenvalue weighted by Crippen LogP contribution is -2.42. The molecule has 96 valence electrons. The van der Waals surface area contributed by atoms with Crippen LogP contribution in [-0.4, -0.2) is 61.8 Å². The Morgan fingerprint density at radius 2 is 2.25 bits per heavy atom. The topological polar surface area (TPSA) is 24.5 Å². The molecular formula is C12H26N2OS. The minimum Gasteiger partial charge on any atom is -0.383 e. The van der Waals surface area contributed by atoms with Gasteiger partial charge in [0, 0.05) is 50.3 Å². The number of rotatable bonds is 7. The second-order valence-electron chi connectivity index (χ2n) is 4.64. The van der Waals surface area contributed by atoms with Crippen molar-refractivity contribution in [1.82, 2.24) is 10.2 Å². The minimum absolute atomic E-state index is 0.617. The van der Waals surface area contributed by atoms with Crippen LogP contribution in [0.4, 0.5) is 0 Å². The van der Waals surface area contributed by atoms with E-state index in [2.05, 4.69) is 35.8 Å². The third kappa shape index (κ3) is 5.53. The molecule has 1 unspecified atom stereocenters. The van der Waals surface area contributed by atoms with Gasteiger partial charge in [0.2, 0.25) is 0 Å². The molecule has 1 saturated heterocycles. The molecule has 0 aliphatic carbocycles. The van der Waals surface area contributed by atoms with Crippen LogP contribution in [0.25, 0.3) is 0 Å². The van der Waals surface area contributed by atoms with E-state index >= 15 is 0 Å². The number of hydrogen-bond donors (Lipinski definition) is 1. The van der Waals surface area contributed by atoms with Crippen molar-refractivity contribution >= 4 is 11.8 Å². The number of thioether (sulfide) groups is 1. The monoisotopic (exact) mass is 246 g/mol. The van der Waals surface area contributed by atoms with Crippen LogP contribution in [0.1, 0.15) is 20.3 Å². The van der Waals surface area contributed by atoms with Crippen molar-refractivity contribution in [3.8, 4) is 0 Å². The van der Waals surface area contributed by atoms with Gasteiger partial charge >= 0.3 is 0 Å². The van der Waals surface area contributed by atoms with Crippen molar-refractivity contribution in [3.05, 3.63) is 0 Å². The zero-order valence-electron chi connectivity index (χ0n) is 10.9. The van der Waals surface area contributed by atoms with E-state index in [-0.39, 0.29) is 0 Å². The number of nitrogens with one attached hydrogen (secondary N) is 1. The Kier molecular flexibility index (Phi) is 7.45. The SMILES string of the molecule is COCCN(CCC1CSCCN1)C(C)C. The minimum atomic E-state index is 0.617. The van der Waals surface area contributed by atoms with Crippen molar-refractivity contribution in [2.45, 2.75) is 32.4 Å². The van der Waals surface area contributed by atoms with Crippen molar-refractivity contribution in [2.24, 2.45) is 0 Å². The Hall–Kier alpha value is 0.230. The lowest BCUT2D eigenvalue weighted by molar-refractivity contribution is 0.126. The summed E-state index contributed by atoms with van der Waals surface area (Å²) in [4.78, 5) is 2.50. The fourth-order valence-electron chi connectivity index (χ4n) is 1.96. The number of methoxy groups -OCH3 is 1. The molecule has 0 amide bonds. The van der Waals surface area contributed by atoms with Gasteiger partial charge in [0.25, 0.3) is 0 Å². The molecule has 0 aromatic rings. The molecular weight excluding hydrogens is 220 g/mol. The third-order valence-electron chi connectivity index (χ3n) is 3.08. The molecule has 1 atom stereocenters. The Bertz CT molecular complexity index is 172. The van der Waals surface area contributed by atoms with E-state index in [0.717, 1.165) is 13.2 Å². The maximum absolute atomic E-state index is 5.15. The highest BCUT2D eigenvalue weighted by Gasteiger charge is 2.15. The van der Waals surface area contributed by atoms with Crippen LogP contribution in [0.5, 0.6) is 0 Å². The number of nitrogens with zero attached hydrogens (tertiary/aromatic N) is 1. The molecule has 0 radical (unpaired) electrons. The van der Waals surface area contributed by atoms with Gasteiger partial charge in [-0.1, -0.05) is 0 Å². The number of hydrogen-bond acceptors (Lipinski definition) is 4. The van der Waals surface area contributed by atoms with Gasteiger partial charge in [-0.2, -0.15) is 11.8 Å². The van der Waals surface area contributed by atoms with Gasteiger partial charge in [0.15, 0.2) is 0 Å². The first kappa shape index (κ1) is 14.3. The molecule has 3 nitrogen and oxygen atoms in total. The molecule has 1 aliphatic rings. The molecule has 4 heteroatoms. The second kappa shape index (κ2) is 8.34. The van der Waals surface area contributed by atoms with E-state index in [0.29, 0.717) is 12.1 Å². The Balaban J connectivity index is 2.19. The summed E-state index contributed by atoms with van der Waals surface area (Å²) in [5.74, 6) is 2.55. The van der Waals surface area contributed by atoms with Crippen molar-refractivity contribution in [2.75, 3.05) is 44.9 Å². The fraction of sp³-hybridized carbons (Fsp3) is 1.00. The highest BCUT2D eigenvalue weighted by atomic mass is 32.2. The van der Waals surface area contributed by atoms with Crippen molar-refractivity contribution in [1.29, 1.82) is 0 Å². The lowest BCUT2D eigenvalue weighted by Gasteiger charge is -2.30. The molecule has 0 bridgehead atoms. The number of ether oxygens (including phenoxy) is 1. The van der Waals surface area contributed by atoms with E-state index in [1.54, 1.807) is 7.11 Å². The Labute approximate surface area is 104 Å². The summed E-state index contributed by atoms with van der Waals surface area (Å²) in [7, 11) is 1.78. The summed E-state index contributed by atoms with van der Waals surface area (Å²) in [5.41, 5.74) is 0. The van der Waals surface area contributed by atoms with Crippen molar-refractivity contribution in [3.63, 3.8) is 0 Å². The standard InChI is InChI=1S/C12H26N2OS/c1-11(2)14(7-8-15-3)6-4-12-10-16-9-5-13-12/h11-13H,4-10H2,1-3H3. The van der Waals surface area contributed by atoms with Gasteiger partial charge < -0.3 is 10.1 Å². The normalized spacial score (nSPS) is 21.9. The first-order valence-electron chi connectivity index (χ1n) is 6.28. The summed E-state index contributed by atoms with van der Waals surface area (Å²) in [6.45, 7) is 8.77. The quantitative estimate of drug-likeness (QED) is 0.735. The molecule has 1 rings (SSSR count). The Morgan fingerprint density at radius 1 is 1.44 bits per heavy atom. The molecule has 1 N–H and O–H groups in total. The summed E-state index contributed by atoms with van der Waals surface area (Å²) < 4.78 is 5.15. The largest absolute Gasteiger partial charge is 0.383 e. The second-order valence-corrected chi connectivity index (χ2v) is 5.79. The van der Waals surface area contributed by atoms with Gasteiger partial charge in [-0.15, -0.1) is 0 Å². The van der Waals surface area contributed by atoms with Crippen molar-refractivity contribution < 1.29 is 4.74 Å². The van der Waals surface area contributed by atoms with Crippen LogP contribution in [0.15, 0.2) is 0 Å². The molecule has 0 aromatic heterocycles. The zero-order chi connectivity index (χ0) is 11.8. The van der Waals surface area contributed by atoms with Gasteiger partial charge in [-0.3, -0.25) is 4.90 Å². The van der Waals surface area contributed by atoms with Gasteiger partial charge in [-0.25, -0.2) is 0 Å². The van der Waals surface area contributed by atoms with Crippen LogP contribution < -0.4 is 5.32 Å². The van der Waals surface area contributed by atoms with Crippen LogP contribution in [0.3, 0.4) is 0 Å². The third-order valence-corrected chi connectivity index (χ3v) is 4.21. The summed E-state index contributed by atoms with van der Waals surface area (Å²) >= 11 is 2.08. The maximum Gasteiger partial charge on any atom is 0.0589 e. The smallest absolute Gasteiger partial charge is 0.0589 e. The summed E-state index contributed by atoms with van der Waals surface area (Å²) in [5, 5.41) is 3.59. The highest BCUT2D eigenvalue weighted by molar-refractivity contribution is 7.99. The Morgan fingerprint density at radius 3 is 2.81 bits per heavy atom. The average Bonchev–Trinajstić information content (AvgIpc) is 2.30. The molecule has 1 fully saturated rings. The zero-order valence-corrected chi connectivity index (χ0v) is 11.7. The lowest BCUT2D eigenvalue weighted by atomic mass is 10.2. The first-order valence-corrected chi connectivity index (χ1v) is 7.43. The van der Waals surface area contributed by atoms with E-state index in [4.69, 9.17) is 4.74 Å². The van der Waals surface area contributed by atoms with Gasteiger partial charge in [0.05, 0.1) is 6.61 Å². The fourth-order valence-corrected chi connectivity index (χ4v) is 2.96. The van der Waals surface area contributed by atoms with E-state index in [1.807, 2.05) is 0 Å².